The highest BCUT2D eigenvalue weighted by Gasteiger charge is 2.26. The minimum atomic E-state index is -0.501. The van der Waals surface area contributed by atoms with Gasteiger partial charge in [0.05, 0.1) is 19.3 Å². The average molecular weight is 251 g/mol. The first-order valence-electron chi connectivity index (χ1n) is 5.96. The van der Waals surface area contributed by atoms with Crippen LogP contribution in [-0.4, -0.2) is 37.1 Å². The maximum absolute atomic E-state index is 11.4. The molecule has 1 fully saturated rings. The fourth-order valence-corrected chi connectivity index (χ4v) is 1.77. The highest BCUT2D eigenvalue weighted by Crippen LogP contribution is 2.12. The third kappa shape index (κ3) is 3.72. The lowest BCUT2D eigenvalue weighted by Crippen LogP contribution is -2.34. The monoisotopic (exact) mass is 251 g/mol. The van der Waals surface area contributed by atoms with Crippen molar-refractivity contribution in [1.82, 2.24) is 5.32 Å². The molecule has 2 N–H and O–H groups in total. The smallest absolute Gasteiger partial charge is 0.407 e. The van der Waals surface area contributed by atoms with Crippen molar-refractivity contribution in [1.29, 1.82) is 0 Å². The molecule has 0 unspecified atom stereocenters. The van der Waals surface area contributed by atoms with Gasteiger partial charge in [0.2, 0.25) is 0 Å². The van der Waals surface area contributed by atoms with Crippen LogP contribution in [0.5, 0.6) is 0 Å². The molecule has 1 aromatic rings. The van der Waals surface area contributed by atoms with Crippen LogP contribution in [0.2, 0.25) is 0 Å². The molecule has 0 radical (unpaired) electrons. The molecule has 2 rings (SSSR count). The van der Waals surface area contributed by atoms with Crippen LogP contribution in [0.15, 0.2) is 30.3 Å². The largest absolute Gasteiger partial charge is 0.445 e. The molecule has 0 saturated carbocycles. The standard InChI is InChI=1S/C13H17NO4/c15-12-9-17-8-11(12)6-14-13(16)18-7-10-4-2-1-3-5-10/h1-5,11-12,15H,6-9H2,(H,14,16)/t11-,12+/m0/s1. The van der Waals surface area contributed by atoms with Gasteiger partial charge in [0.1, 0.15) is 6.61 Å². The number of carbonyl (C=O) groups excluding carboxylic acids is 1. The summed E-state index contributed by atoms with van der Waals surface area (Å²) in [5.74, 6) is -0.0470. The van der Waals surface area contributed by atoms with Crippen molar-refractivity contribution >= 4 is 6.09 Å². The van der Waals surface area contributed by atoms with E-state index in [0.717, 1.165) is 5.56 Å². The Morgan fingerprint density at radius 2 is 2.17 bits per heavy atom. The van der Waals surface area contributed by atoms with Crippen molar-refractivity contribution in [3.05, 3.63) is 35.9 Å². The van der Waals surface area contributed by atoms with Gasteiger partial charge in [-0.15, -0.1) is 0 Å². The molecule has 0 spiro atoms. The molecule has 98 valence electrons. The summed E-state index contributed by atoms with van der Waals surface area (Å²) >= 11 is 0. The molecular weight excluding hydrogens is 234 g/mol. The maximum Gasteiger partial charge on any atom is 0.407 e. The fourth-order valence-electron chi connectivity index (χ4n) is 1.77. The molecular formula is C13H17NO4. The van der Waals surface area contributed by atoms with Crippen LogP contribution in [-0.2, 0) is 16.1 Å². The lowest BCUT2D eigenvalue weighted by Gasteiger charge is -2.13. The van der Waals surface area contributed by atoms with Gasteiger partial charge in [-0.1, -0.05) is 30.3 Å². The molecule has 0 aromatic heterocycles. The quantitative estimate of drug-likeness (QED) is 0.835. The summed E-state index contributed by atoms with van der Waals surface area (Å²) in [6.07, 6.45) is -0.975. The number of aliphatic hydroxyl groups is 1. The predicted molar refractivity (Wildman–Crippen MR) is 64.9 cm³/mol. The number of carbonyl (C=O) groups is 1. The van der Waals surface area contributed by atoms with Crippen molar-refractivity contribution in [2.75, 3.05) is 19.8 Å². The first-order chi connectivity index (χ1) is 8.75. The lowest BCUT2D eigenvalue weighted by molar-refractivity contribution is 0.114. The number of rotatable bonds is 4. The number of hydrogen-bond donors (Lipinski definition) is 2. The van der Waals surface area contributed by atoms with Crippen molar-refractivity contribution in [3.63, 3.8) is 0 Å². The second-order valence-corrected chi connectivity index (χ2v) is 4.31. The van der Waals surface area contributed by atoms with E-state index >= 15 is 0 Å². The molecule has 1 aliphatic heterocycles. The van der Waals surface area contributed by atoms with E-state index in [2.05, 4.69) is 5.32 Å². The van der Waals surface area contributed by atoms with Gasteiger partial charge in [-0.2, -0.15) is 0 Å². The van der Waals surface area contributed by atoms with Crippen LogP contribution >= 0.6 is 0 Å². The van der Waals surface area contributed by atoms with Gasteiger partial charge in [-0.05, 0) is 5.56 Å². The summed E-state index contributed by atoms with van der Waals surface area (Å²) in [4.78, 5) is 11.4. The Balaban J connectivity index is 1.66. The van der Waals surface area contributed by atoms with E-state index in [1.54, 1.807) is 0 Å². The van der Waals surface area contributed by atoms with Crippen LogP contribution < -0.4 is 5.32 Å². The van der Waals surface area contributed by atoms with E-state index in [-0.39, 0.29) is 12.5 Å². The predicted octanol–water partition coefficient (Wildman–Crippen LogP) is 0.920. The first-order valence-corrected chi connectivity index (χ1v) is 5.96. The van der Waals surface area contributed by atoms with Gasteiger partial charge in [0.25, 0.3) is 0 Å². The van der Waals surface area contributed by atoms with E-state index in [0.29, 0.717) is 19.8 Å². The van der Waals surface area contributed by atoms with Crippen LogP contribution in [0.4, 0.5) is 4.79 Å². The minimum absolute atomic E-state index is 0.0470. The van der Waals surface area contributed by atoms with Crippen molar-refractivity contribution < 1.29 is 19.4 Å². The van der Waals surface area contributed by atoms with Gasteiger partial charge in [-0.3, -0.25) is 0 Å². The molecule has 1 heterocycles. The molecule has 1 saturated heterocycles. The number of hydrogen-bond acceptors (Lipinski definition) is 4. The summed E-state index contributed by atoms with van der Waals surface area (Å²) in [6, 6.07) is 9.47. The summed E-state index contributed by atoms with van der Waals surface area (Å²) in [5.41, 5.74) is 0.942. The van der Waals surface area contributed by atoms with E-state index in [4.69, 9.17) is 9.47 Å². The van der Waals surface area contributed by atoms with Crippen LogP contribution in [0.25, 0.3) is 0 Å². The molecule has 5 nitrogen and oxygen atoms in total. The van der Waals surface area contributed by atoms with Gasteiger partial charge < -0.3 is 19.9 Å². The van der Waals surface area contributed by atoms with Crippen molar-refractivity contribution in [2.45, 2.75) is 12.7 Å². The maximum atomic E-state index is 11.4. The Labute approximate surface area is 106 Å². The summed E-state index contributed by atoms with van der Waals surface area (Å²) in [5, 5.41) is 12.1. The zero-order valence-corrected chi connectivity index (χ0v) is 10.0. The zero-order chi connectivity index (χ0) is 12.8. The second-order valence-electron chi connectivity index (χ2n) is 4.31. The van der Waals surface area contributed by atoms with E-state index in [1.807, 2.05) is 30.3 Å². The van der Waals surface area contributed by atoms with Crippen LogP contribution in [0.1, 0.15) is 5.56 Å². The zero-order valence-electron chi connectivity index (χ0n) is 10.0. The minimum Gasteiger partial charge on any atom is -0.445 e. The number of nitrogens with one attached hydrogen (secondary N) is 1. The number of benzene rings is 1. The van der Waals surface area contributed by atoms with E-state index in [9.17, 15) is 9.90 Å². The van der Waals surface area contributed by atoms with Gasteiger partial charge in [-0.25, -0.2) is 4.79 Å². The Kier molecular flexibility index (Phi) is 4.55. The molecule has 1 aromatic carbocycles. The topological polar surface area (TPSA) is 67.8 Å². The number of ether oxygens (including phenoxy) is 2. The van der Waals surface area contributed by atoms with Crippen LogP contribution in [0.3, 0.4) is 0 Å². The summed E-state index contributed by atoms with van der Waals surface area (Å²) < 4.78 is 10.1. The number of aliphatic hydroxyl groups excluding tert-OH is 1. The molecule has 2 atom stereocenters. The summed E-state index contributed by atoms with van der Waals surface area (Å²) in [6.45, 7) is 1.43. The highest BCUT2D eigenvalue weighted by atomic mass is 16.5. The molecule has 0 bridgehead atoms. The Hall–Kier alpha value is -1.59. The Morgan fingerprint density at radius 3 is 2.83 bits per heavy atom. The molecule has 1 aliphatic rings. The second kappa shape index (κ2) is 6.37. The third-order valence-corrected chi connectivity index (χ3v) is 2.89. The van der Waals surface area contributed by atoms with Gasteiger partial charge in [0.15, 0.2) is 0 Å². The molecule has 5 heteroatoms. The van der Waals surface area contributed by atoms with Crippen molar-refractivity contribution in [3.8, 4) is 0 Å². The average Bonchev–Trinajstić information content (AvgIpc) is 2.81. The lowest BCUT2D eigenvalue weighted by atomic mass is 10.1. The fraction of sp³-hybridized carbons (Fsp3) is 0.462. The van der Waals surface area contributed by atoms with Crippen LogP contribution in [0, 0.1) is 5.92 Å². The normalized spacial score (nSPS) is 22.7. The number of alkyl carbamates (subject to hydrolysis) is 1. The van der Waals surface area contributed by atoms with Gasteiger partial charge in [0, 0.05) is 12.5 Å². The Bertz CT molecular complexity index is 382. The van der Waals surface area contributed by atoms with Crippen molar-refractivity contribution in [2.24, 2.45) is 5.92 Å². The van der Waals surface area contributed by atoms with E-state index in [1.165, 1.54) is 0 Å². The SMILES string of the molecule is O=C(NC[C@H]1COC[C@H]1O)OCc1ccccc1. The first kappa shape index (κ1) is 12.9. The third-order valence-electron chi connectivity index (χ3n) is 2.89. The highest BCUT2D eigenvalue weighted by molar-refractivity contribution is 5.67. The van der Waals surface area contributed by atoms with Gasteiger partial charge >= 0.3 is 6.09 Å². The molecule has 1 amide bonds. The summed E-state index contributed by atoms with van der Waals surface area (Å²) in [7, 11) is 0. The molecule has 0 aliphatic carbocycles. The Morgan fingerprint density at radius 1 is 1.39 bits per heavy atom. The molecule has 18 heavy (non-hydrogen) atoms. The number of amides is 1. The van der Waals surface area contributed by atoms with E-state index < -0.39 is 12.2 Å².